The molecule has 1 aliphatic rings. The molecule has 0 aromatic heterocycles. The van der Waals surface area contributed by atoms with Gasteiger partial charge in [0.05, 0.1) is 19.0 Å². The average Bonchev–Trinajstić information content (AvgIpc) is 2.47. The third-order valence-corrected chi connectivity index (χ3v) is 5.33. The standard InChI is InChI=1S/C16H8Br3ClO3/c17-9-3-7(1-2-12(9)21)4-13-14(16(20)23-13)8-5-10(18)15(22)11(19)6-8/h1-6,21-22H/b13-4-. The number of hydrogen-bond acceptors (Lipinski definition) is 3. The molecule has 0 unspecified atom stereocenters. The molecule has 1 heterocycles. The molecule has 0 atom stereocenters. The number of allylic oxidation sites excluding steroid dienone is 1. The Kier molecular flexibility index (Phi) is 4.78. The molecule has 0 aliphatic carbocycles. The first-order chi connectivity index (χ1) is 10.9. The highest BCUT2D eigenvalue weighted by atomic mass is 79.9. The van der Waals surface area contributed by atoms with Gasteiger partial charge in [-0.2, -0.15) is 0 Å². The molecule has 118 valence electrons. The van der Waals surface area contributed by atoms with Crippen molar-refractivity contribution in [2.24, 2.45) is 0 Å². The van der Waals surface area contributed by atoms with E-state index < -0.39 is 0 Å². The van der Waals surface area contributed by atoms with Gasteiger partial charge in [-0.15, -0.1) is 0 Å². The van der Waals surface area contributed by atoms with Crippen molar-refractivity contribution in [2.75, 3.05) is 0 Å². The maximum absolute atomic E-state index is 9.81. The van der Waals surface area contributed by atoms with Gasteiger partial charge in [-0.05, 0) is 101 Å². The van der Waals surface area contributed by atoms with E-state index in [2.05, 4.69) is 47.8 Å². The van der Waals surface area contributed by atoms with E-state index in [4.69, 9.17) is 16.3 Å². The van der Waals surface area contributed by atoms with Crippen LogP contribution in [0.4, 0.5) is 0 Å². The summed E-state index contributed by atoms with van der Waals surface area (Å²) in [7, 11) is 0. The number of phenols is 2. The Bertz CT molecular complexity index is 852. The second-order valence-corrected chi connectivity index (χ2v) is 7.66. The Morgan fingerprint density at radius 3 is 2.17 bits per heavy atom. The predicted molar refractivity (Wildman–Crippen MR) is 101 cm³/mol. The van der Waals surface area contributed by atoms with Crippen LogP contribution in [-0.2, 0) is 4.74 Å². The summed E-state index contributed by atoms with van der Waals surface area (Å²) in [5.74, 6) is 0.901. The van der Waals surface area contributed by atoms with Crippen LogP contribution in [0.5, 0.6) is 11.5 Å². The summed E-state index contributed by atoms with van der Waals surface area (Å²) in [5.41, 5.74) is 2.41. The van der Waals surface area contributed by atoms with Gasteiger partial charge in [0.2, 0.25) is 5.22 Å². The van der Waals surface area contributed by atoms with Crippen molar-refractivity contribution < 1.29 is 14.9 Å². The van der Waals surface area contributed by atoms with Crippen molar-refractivity contribution in [3.8, 4) is 11.5 Å². The van der Waals surface area contributed by atoms with Crippen LogP contribution >= 0.6 is 59.4 Å². The van der Waals surface area contributed by atoms with Gasteiger partial charge in [0.15, 0.2) is 0 Å². The van der Waals surface area contributed by atoms with E-state index >= 15 is 0 Å². The van der Waals surface area contributed by atoms with E-state index in [0.29, 0.717) is 24.4 Å². The number of halogens is 4. The Hall–Kier alpha value is -0.950. The number of hydrogen-bond donors (Lipinski definition) is 2. The summed E-state index contributed by atoms with van der Waals surface area (Å²) in [6, 6.07) is 8.66. The fourth-order valence-corrected chi connectivity index (χ4v) is 3.95. The van der Waals surface area contributed by atoms with Crippen LogP contribution < -0.4 is 0 Å². The van der Waals surface area contributed by atoms with Crippen molar-refractivity contribution in [3.05, 3.63) is 65.9 Å². The minimum atomic E-state index is 0.124. The van der Waals surface area contributed by atoms with Gasteiger partial charge in [-0.3, -0.25) is 0 Å². The zero-order valence-electron chi connectivity index (χ0n) is 11.3. The molecule has 0 bridgehead atoms. The first-order valence-electron chi connectivity index (χ1n) is 6.33. The number of benzene rings is 2. The largest absolute Gasteiger partial charge is 0.507 e. The molecule has 3 rings (SSSR count). The molecule has 2 aromatic carbocycles. The Balaban J connectivity index is 2.01. The van der Waals surface area contributed by atoms with E-state index in [0.717, 1.165) is 16.7 Å². The van der Waals surface area contributed by atoms with Crippen molar-refractivity contribution in [1.29, 1.82) is 0 Å². The lowest BCUT2D eigenvalue weighted by molar-refractivity contribution is 0.324. The van der Waals surface area contributed by atoms with Crippen molar-refractivity contribution in [1.82, 2.24) is 0 Å². The van der Waals surface area contributed by atoms with Crippen molar-refractivity contribution in [3.63, 3.8) is 0 Å². The average molecular weight is 523 g/mol. The third kappa shape index (κ3) is 3.31. The number of phenolic OH excluding ortho intramolecular Hbond substituents is 2. The van der Waals surface area contributed by atoms with Crippen LogP contribution in [0.2, 0.25) is 0 Å². The van der Waals surface area contributed by atoms with Gasteiger partial charge in [0.1, 0.15) is 17.3 Å². The number of ether oxygens (including phenoxy) is 1. The van der Waals surface area contributed by atoms with Gasteiger partial charge < -0.3 is 14.9 Å². The van der Waals surface area contributed by atoms with Gasteiger partial charge in [-0.25, -0.2) is 0 Å². The van der Waals surface area contributed by atoms with Crippen LogP contribution in [-0.4, -0.2) is 10.2 Å². The van der Waals surface area contributed by atoms with Crippen molar-refractivity contribution >= 4 is 71.0 Å². The molecular weight excluding hydrogens is 515 g/mol. The van der Waals surface area contributed by atoms with E-state index in [9.17, 15) is 10.2 Å². The first-order valence-corrected chi connectivity index (χ1v) is 9.09. The Labute approximate surface area is 162 Å². The van der Waals surface area contributed by atoms with Crippen LogP contribution in [0.25, 0.3) is 11.6 Å². The second-order valence-electron chi connectivity index (χ2n) is 4.76. The van der Waals surface area contributed by atoms with E-state index in [-0.39, 0.29) is 11.5 Å². The summed E-state index contributed by atoms with van der Waals surface area (Å²) in [6.45, 7) is 0. The normalized spacial score (nSPS) is 15.6. The number of aromatic hydroxyl groups is 2. The SMILES string of the molecule is Oc1ccc(/C=C2\OC(Cl)=C2c2cc(Br)c(O)c(Br)c2)cc1Br. The summed E-state index contributed by atoms with van der Waals surface area (Å²) in [4.78, 5) is 0. The highest BCUT2D eigenvalue weighted by molar-refractivity contribution is 9.11. The van der Waals surface area contributed by atoms with Gasteiger partial charge >= 0.3 is 0 Å². The van der Waals surface area contributed by atoms with Crippen LogP contribution in [0, 0.1) is 0 Å². The highest BCUT2D eigenvalue weighted by Crippen LogP contribution is 2.45. The summed E-state index contributed by atoms with van der Waals surface area (Å²) < 4.78 is 7.13. The minimum absolute atomic E-state index is 0.124. The highest BCUT2D eigenvalue weighted by Gasteiger charge is 2.27. The van der Waals surface area contributed by atoms with Crippen molar-refractivity contribution in [2.45, 2.75) is 0 Å². The van der Waals surface area contributed by atoms with Gasteiger partial charge in [0, 0.05) is 0 Å². The fraction of sp³-hybridized carbons (Fsp3) is 0. The molecule has 0 saturated carbocycles. The van der Waals surface area contributed by atoms with E-state index in [1.807, 2.05) is 6.08 Å². The van der Waals surface area contributed by atoms with Gasteiger partial charge in [-0.1, -0.05) is 6.07 Å². The molecule has 0 amide bonds. The summed E-state index contributed by atoms with van der Waals surface area (Å²) in [6.07, 6.45) is 1.82. The molecule has 3 nitrogen and oxygen atoms in total. The Morgan fingerprint density at radius 1 is 0.957 bits per heavy atom. The maximum atomic E-state index is 9.81. The molecule has 23 heavy (non-hydrogen) atoms. The molecule has 2 aromatic rings. The minimum Gasteiger partial charge on any atom is -0.507 e. The van der Waals surface area contributed by atoms with Crippen LogP contribution in [0.3, 0.4) is 0 Å². The monoisotopic (exact) mass is 520 g/mol. The maximum Gasteiger partial charge on any atom is 0.205 e. The third-order valence-electron chi connectivity index (χ3n) is 3.22. The summed E-state index contributed by atoms with van der Waals surface area (Å²) >= 11 is 16.0. The fourth-order valence-electron chi connectivity index (χ4n) is 2.08. The van der Waals surface area contributed by atoms with E-state index in [1.54, 1.807) is 30.3 Å². The molecule has 0 spiro atoms. The van der Waals surface area contributed by atoms with Crippen LogP contribution in [0.1, 0.15) is 11.1 Å². The lowest BCUT2D eigenvalue weighted by atomic mass is 10.0. The topological polar surface area (TPSA) is 49.7 Å². The molecule has 0 fully saturated rings. The molecule has 2 N–H and O–H groups in total. The zero-order chi connectivity index (χ0) is 16.7. The lowest BCUT2D eigenvalue weighted by Gasteiger charge is -2.24. The molecule has 0 saturated heterocycles. The number of rotatable bonds is 2. The molecule has 0 radical (unpaired) electrons. The molecule has 7 heteroatoms. The molecular formula is C16H8Br3ClO3. The summed E-state index contributed by atoms with van der Waals surface area (Å²) in [5, 5.41) is 19.6. The smallest absolute Gasteiger partial charge is 0.205 e. The quantitative estimate of drug-likeness (QED) is 0.482. The Morgan fingerprint density at radius 2 is 1.61 bits per heavy atom. The first kappa shape index (κ1) is 16.9. The predicted octanol–water partition coefficient (Wildman–Crippen LogP) is 6.36. The lowest BCUT2D eigenvalue weighted by Crippen LogP contribution is -2.07. The van der Waals surface area contributed by atoms with E-state index in [1.165, 1.54) is 0 Å². The second kappa shape index (κ2) is 6.51. The molecule has 1 aliphatic heterocycles. The van der Waals surface area contributed by atoms with Gasteiger partial charge in [0.25, 0.3) is 0 Å². The van der Waals surface area contributed by atoms with Crippen LogP contribution in [0.15, 0.2) is 54.7 Å². The zero-order valence-corrected chi connectivity index (χ0v) is 16.8.